The van der Waals surface area contributed by atoms with Crippen LogP contribution in [0.4, 0.5) is 0 Å². The lowest BCUT2D eigenvalue weighted by Crippen LogP contribution is -2.25. The van der Waals surface area contributed by atoms with Crippen LogP contribution in [0.25, 0.3) is 88.0 Å². The molecule has 0 bridgehead atoms. The summed E-state index contributed by atoms with van der Waals surface area (Å²) in [6.07, 6.45) is 0. The highest BCUT2D eigenvalue weighted by molar-refractivity contribution is 6.07. The van der Waals surface area contributed by atoms with Crippen LogP contribution in [0.15, 0.2) is 194 Å². The fourth-order valence-corrected chi connectivity index (χ4v) is 10.4. The minimum atomic E-state index is -0.455. The fraction of sp³-hybridized carbons (Fsp3) is 0.0182. The van der Waals surface area contributed by atoms with Crippen LogP contribution in [0.1, 0.15) is 22.3 Å². The number of benzene rings is 10. The van der Waals surface area contributed by atoms with E-state index in [-0.39, 0.29) is 0 Å². The molecular weight excluding hydrogens is 677 g/mol. The van der Waals surface area contributed by atoms with Crippen LogP contribution < -0.4 is 4.74 Å². The van der Waals surface area contributed by atoms with E-state index in [1.807, 2.05) is 0 Å². The summed E-state index contributed by atoms with van der Waals surface area (Å²) < 4.78 is 6.51. The Morgan fingerprint density at radius 1 is 0.286 bits per heavy atom. The third kappa shape index (κ3) is 3.89. The van der Waals surface area contributed by atoms with E-state index >= 15 is 0 Å². The maximum absolute atomic E-state index is 6.51. The molecule has 0 radical (unpaired) electrons. The second kappa shape index (κ2) is 10.9. The summed E-state index contributed by atoms with van der Waals surface area (Å²) in [5.74, 6) is 1.82. The summed E-state index contributed by atoms with van der Waals surface area (Å²) in [6.45, 7) is 0. The Balaban J connectivity index is 1.07. The molecule has 0 atom stereocenters. The Hall–Kier alpha value is -7.22. The van der Waals surface area contributed by atoms with Crippen LogP contribution in [0, 0.1) is 0 Å². The summed E-state index contributed by atoms with van der Waals surface area (Å²) in [5, 5.41) is 7.43. The second-order valence-electron chi connectivity index (χ2n) is 15.6. The summed E-state index contributed by atoms with van der Waals surface area (Å²) in [4.78, 5) is 0. The van der Waals surface area contributed by atoms with Crippen molar-refractivity contribution < 1.29 is 4.74 Å². The Morgan fingerprint density at radius 2 is 0.893 bits per heavy atom. The molecule has 3 aliphatic rings. The largest absolute Gasteiger partial charge is 0.456 e. The smallest absolute Gasteiger partial charge is 0.135 e. The van der Waals surface area contributed by atoms with E-state index < -0.39 is 5.41 Å². The number of fused-ring (bicyclic) bond motifs is 14. The minimum absolute atomic E-state index is 0.455. The molecule has 0 unspecified atom stereocenters. The van der Waals surface area contributed by atoms with Gasteiger partial charge in [-0.2, -0.15) is 0 Å². The Labute approximate surface area is 324 Å². The van der Waals surface area contributed by atoms with Crippen LogP contribution in [0.2, 0.25) is 0 Å². The maximum Gasteiger partial charge on any atom is 0.135 e. The predicted molar refractivity (Wildman–Crippen MR) is 232 cm³/mol. The molecule has 1 heteroatoms. The first-order valence-corrected chi connectivity index (χ1v) is 19.5. The zero-order chi connectivity index (χ0) is 36.5. The Morgan fingerprint density at radius 3 is 1.73 bits per heavy atom. The lowest BCUT2D eigenvalue weighted by Gasteiger charge is -2.31. The average Bonchev–Trinajstić information content (AvgIpc) is 3.72. The van der Waals surface area contributed by atoms with Crippen molar-refractivity contribution in [2.75, 3.05) is 0 Å². The van der Waals surface area contributed by atoms with Gasteiger partial charge in [-0.1, -0.05) is 152 Å². The van der Waals surface area contributed by atoms with Gasteiger partial charge >= 0.3 is 0 Å². The fourth-order valence-electron chi connectivity index (χ4n) is 10.4. The summed E-state index contributed by atoms with van der Waals surface area (Å²) in [5.41, 5.74) is 17.4. The highest BCUT2D eigenvalue weighted by Crippen LogP contribution is 2.64. The van der Waals surface area contributed by atoms with Crippen molar-refractivity contribution in [1.29, 1.82) is 0 Å². The van der Waals surface area contributed by atoms with Crippen molar-refractivity contribution in [2.45, 2.75) is 5.41 Å². The van der Waals surface area contributed by atoms with Crippen LogP contribution in [0.5, 0.6) is 11.5 Å². The van der Waals surface area contributed by atoms with Crippen molar-refractivity contribution in [3.63, 3.8) is 0 Å². The summed E-state index contributed by atoms with van der Waals surface area (Å²) in [7, 11) is 0. The molecule has 1 spiro atoms. The molecule has 258 valence electrons. The van der Waals surface area contributed by atoms with Gasteiger partial charge in [0.2, 0.25) is 0 Å². The zero-order valence-electron chi connectivity index (χ0n) is 30.4. The summed E-state index contributed by atoms with van der Waals surface area (Å²) in [6, 6.07) is 72.2. The highest BCUT2D eigenvalue weighted by atomic mass is 16.5. The van der Waals surface area contributed by atoms with Crippen molar-refractivity contribution in [1.82, 2.24) is 0 Å². The van der Waals surface area contributed by atoms with Crippen molar-refractivity contribution in [2.24, 2.45) is 0 Å². The number of hydrogen-bond donors (Lipinski definition) is 0. The van der Waals surface area contributed by atoms with Gasteiger partial charge in [0.1, 0.15) is 11.5 Å². The van der Waals surface area contributed by atoms with Gasteiger partial charge in [0.15, 0.2) is 0 Å². The molecule has 1 heterocycles. The van der Waals surface area contributed by atoms with E-state index in [1.54, 1.807) is 0 Å². The lowest BCUT2D eigenvalue weighted by molar-refractivity contribution is 0.487. The van der Waals surface area contributed by atoms with E-state index in [9.17, 15) is 0 Å². The molecule has 1 nitrogen and oxygen atoms in total. The van der Waals surface area contributed by atoms with Gasteiger partial charge in [0, 0.05) is 10.9 Å². The normalized spacial score (nSPS) is 13.6. The number of rotatable bonds is 2. The van der Waals surface area contributed by atoms with Crippen molar-refractivity contribution in [3.05, 3.63) is 216 Å². The first-order valence-electron chi connectivity index (χ1n) is 19.5. The van der Waals surface area contributed by atoms with Gasteiger partial charge in [0.05, 0.1) is 5.41 Å². The monoisotopic (exact) mass is 708 g/mol. The molecule has 0 amide bonds. The van der Waals surface area contributed by atoms with Crippen LogP contribution in [-0.4, -0.2) is 0 Å². The molecule has 0 fully saturated rings. The van der Waals surface area contributed by atoms with Gasteiger partial charge in [-0.25, -0.2) is 0 Å². The first-order chi connectivity index (χ1) is 27.7. The summed E-state index contributed by atoms with van der Waals surface area (Å²) >= 11 is 0. The SMILES string of the molecule is c1ccc2c(c1)-c1ccccc1C21c2cc(-c3ccc4c(c3)-c3cccc5cccc(c35)O4)ccc2-c2cc3c(-c4ccc5ccccc5c4)cccc3cc21. The van der Waals surface area contributed by atoms with Gasteiger partial charge in [-0.05, 0) is 142 Å². The highest BCUT2D eigenvalue weighted by Gasteiger charge is 2.51. The molecular formula is C55H32O. The van der Waals surface area contributed by atoms with E-state index in [1.165, 1.54) is 105 Å². The molecule has 0 saturated carbocycles. The third-order valence-corrected chi connectivity index (χ3v) is 12.8. The van der Waals surface area contributed by atoms with Crippen molar-refractivity contribution in [3.8, 4) is 67.1 Å². The van der Waals surface area contributed by atoms with E-state index in [0.717, 1.165) is 17.1 Å². The van der Waals surface area contributed by atoms with Crippen molar-refractivity contribution >= 4 is 32.3 Å². The molecule has 13 rings (SSSR count). The average molecular weight is 709 g/mol. The molecule has 1 aliphatic heterocycles. The quantitative estimate of drug-likeness (QED) is 0.174. The molecule has 0 saturated heterocycles. The third-order valence-electron chi connectivity index (χ3n) is 12.8. The zero-order valence-corrected chi connectivity index (χ0v) is 30.4. The van der Waals surface area contributed by atoms with Gasteiger partial charge < -0.3 is 4.74 Å². The van der Waals surface area contributed by atoms with Crippen LogP contribution in [0.3, 0.4) is 0 Å². The van der Waals surface area contributed by atoms with Gasteiger partial charge in [-0.15, -0.1) is 0 Å². The standard InChI is InChI=1S/C55H32O/c1-2-11-35-28-39(23-22-33(35)10-1)40-17-8-14-38-31-51-46(32-45(38)40)43-26-24-37(30-50(43)55(51)48-19-5-3-15-41(48)42-16-4-6-20-49(42)55)36-25-27-52-47(29-36)44-18-7-12-34-13-9-21-53(56-52)54(34)44/h1-32H. The van der Waals surface area contributed by atoms with E-state index in [0.29, 0.717) is 0 Å². The minimum Gasteiger partial charge on any atom is -0.456 e. The van der Waals surface area contributed by atoms with E-state index in [2.05, 4.69) is 194 Å². The Kier molecular flexibility index (Phi) is 5.89. The molecule has 10 aromatic rings. The molecule has 2 aliphatic carbocycles. The number of hydrogen-bond acceptors (Lipinski definition) is 1. The molecule has 10 aromatic carbocycles. The Bertz CT molecular complexity index is 3300. The topological polar surface area (TPSA) is 9.23 Å². The molecule has 56 heavy (non-hydrogen) atoms. The van der Waals surface area contributed by atoms with Crippen LogP contribution >= 0.6 is 0 Å². The second-order valence-corrected chi connectivity index (χ2v) is 15.6. The van der Waals surface area contributed by atoms with Gasteiger partial charge in [-0.3, -0.25) is 0 Å². The number of ether oxygens (including phenoxy) is 1. The van der Waals surface area contributed by atoms with E-state index in [4.69, 9.17) is 4.74 Å². The van der Waals surface area contributed by atoms with Crippen LogP contribution in [-0.2, 0) is 5.41 Å². The predicted octanol–water partition coefficient (Wildman–Crippen LogP) is 14.6. The lowest BCUT2D eigenvalue weighted by atomic mass is 9.70. The maximum atomic E-state index is 6.51. The first kappa shape index (κ1) is 30.1. The van der Waals surface area contributed by atoms with Gasteiger partial charge in [0.25, 0.3) is 0 Å². The molecule has 0 aromatic heterocycles. The molecule has 0 N–H and O–H groups in total.